The summed E-state index contributed by atoms with van der Waals surface area (Å²) in [5, 5.41) is 9.22. The van der Waals surface area contributed by atoms with Gasteiger partial charge in [0.15, 0.2) is 16.6 Å². The highest BCUT2D eigenvalue weighted by Crippen LogP contribution is 2.36. The molecule has 18 heteroatoms. The summed E-state index contributed by atoms with van der Waals surface area (Å²) in [6.45, 7) is 40.4. The molecule has 0 aromatic heterocycles. The third-order valence-electron chi connectivity index (χ3n) is 7.32. The van der Waals surface area contributed by atoms with E-state index >= 15 is 0 Å². The first-order valence-electron chi connectivity index (χ1n) is 18.8. The van der Waals surface area contributed by atoms with Gasteiger partial charge in [-0.25, -0.2) is 0 Å². The van der Waals surface area contributed by atoms with Crippen molar-refractivity contribution < 1.29 is 43.7 Å². The fourth-order valence-corrected chi connectivity index (χ4v) is 40.6. The minimum Gasteiger partial charge on any atom is -0.437 e. The zero-order valence-electron chi connectivity index (χ0n) is 35.0. The van der Waals surface area contributed by atoms with Crippen LogP contribution in [0.25, 0.3) is 0 Å². The highest BCUT2D eigenvalue weighted by Gasteiger charge is 2.52. The molecular weight excluding hydrogens is 757 g/mol. The van der Waals surface area contributed by atoms with Gasteiger partial charge in [0.25, 0.3) is 0 Å². The number of aliphatic hydroxyl groups is 1. The van der Waals surface area contributed by atoms with Crippen molar-refractivity contribution in [2.24, 2.45) is 0 Å². The quantitative estimate of drug-likeness (QED) is 0.0557. The van der Waals surface area contributed by atoms with E-state index in [4.69, 9.17) is 38.6 Å². The minimum atomic E-state index is -2.96. The monoisotopic (exact) mass is 836 g/mol. The van der Waals surface area contributed by atoms with Gasteiger partial charge < -0.3 is 43.7 Å². The number of rotatable bonds is 30. The van der Waals surface area contributed by atoms with E-state index in [9.17, 15) is 5.11 Å². The van der Waals surface area contributed by atoms with Crippen LogP contribution in [0.3, 0.4) is 0 Å². The van der Waals surface area contributed by atoms with E-state index < -0.39 is 67.8 Å². The number of hydrogen-bond donors (Lipinski definition) is 1. The maximum atomic E-state index is 9.22. The molecule has 0 aliphatic rings. The van der Waals surface area contributed by atoms with Crippen molar-refractivity contribution in [2.75, 3.05) is 39.6 Å². The zero-order chi connectivity index (χ0) is 38.3. The van der Waals surface area contributed by atoms with Gasteiger partial charge in [0.2, 0.25) is 0 Å². The molecule has 0 aromatic rings. The second kappa shape index (κ2) is 22.0. The van der Waals surface area contributed by atoms with Crippen LogP contribution in [0.5, 0.6) is 0 Å². The van der Waals surface area contributed by atoms with Crippen LogP contribution in [0.2, 0.25) is 122 Å². The van der Waals surface area contributed by atoms with Gasteiger partial charge in [-0.1, -0.05) is 32.1 Å². The molecule has 0 spiro atoms. The van der Waals surface area contributed by atoms with Gasteiger partial charge in [0.1, 0.15) is 0 Å². The van der Waals surface area contributed by atoms with Crippen molar-refractivity contribution in [3.63, 3.8) is 0 Å². The van der Waals surface area contributed by atoms with Gasteiger partial charge in [0.05, 0.1) is 13.2 Å². The number of aliphatic hydroxyl groups excluding tert-OH is 1. The predicted octanol–water partition coefficient (Wildman–Crippen LogP) is 9.22. The van der Waals surface area contributed by atoms with Crippen LogP contribution in [0.4, 0.5) is 0 Å². The summed E-state index contributed by atoms with van der Waals surface area (Å²) in [5.74, 6) is 0. The van der Waals surface area contributed by atoms with Crippen LogP contribution < -0.4 is 0 Å². The summed E-state index contributed by atoms with van der Waals surface area (Å²) >= 11 is 0. The first-order chi connectivity index (χ1) is 22.2. The average molecular weight is 838 g/mol. The van der Waals surface area contributed by atoms with Crippen molar-refractivity contribution >= 4 is 67.8 Å². The summed E-state index contributed by atoms with van der Waals surface area (Å²) in [7, 11) is -19.0. The molecule has 0 aliphatic heterocycles. The molecule has 0 heterocycles. The Labute approximate surface area is 311 Å². The lowest BCUT2D eigenvalue weighted by Gasteiger charge is -2.46. The van der Waals surface area contributed by atoms with Crippen molar-refractivity contribution in [3.05, 3.63) is 0 Å². The Hall–Kier alpha value is 1.34. The number of hydrogen-bond acceptors (Lipinski definition) is 10. The molecule has 1 N–H and O–H groups in total. The summed E-state index contributed by atoms with van der Waals surface area (Å²) in [6, 6.07) is 4.38. The van der Waals surface area contributed by atoms with E-state index in [0.717, 1.165) is 37.4 Å². The third kappa shape index (κ3) is 24.4. The summed E-state index contributed by atoms with van der Waals surface area (Å²) in [5.41, 5.74) is 0. The lowest BCUT2D eigenvalue weighted by atomic mass is 10.5. The van der Waals surface area contributed by atoms with Crippen LogP contribution in [0, 0.1) is 0 Å². The van der Waals surface area contributed by atoms with Gasteiger partial charge in [0, 0.05) is 40.5 Å². The molecular formula is C31H80O10Si8. The van der Waals surface area contributed by atoms with Gasteiger partial charge >= 0.3 is 43.0 Å². The fraction of sp³-hybridized carbons (Fsp3) is 1.00. The first-order valence-corrected chi connectivity index (χ1v) is 41.6. The Morgan fingerprint density at radius 3 is 1.24 bits per heavy atom. The Kier molecular flexibility index (Phi) is 22.6. The molecule has 0 amide bonds. The summed E-state index contributed by atoms with van der Waals surface area (Å²) in [6.07, 6.45) is 2.69. The van der Waals surface area contributed by atoms with E-state index in [0.29, 0.717) is 39.1 Å². The van der Waals surface area contributed by atoms with Crippen molar-refractivity contribution in [3.8, 4) is 0 Å². The summed E-state index contributed by atoms with van der Waals surface area (Å²) in [4.78, 5) is 0. The molecule has 0 saturated heterocycles. The molecule has 0 rings (SSSR count). The summed E-state index contributed by atoms with van der Waals surface area (Å²) < 4.78 is 60.4. The maximum absolute atomic E-state index is 9.22. The molecule has 0 radical (unpaired) electrons. The minimum absolute atomic E-state index is 0.0213. The molecule has 0 aliphatic carbocycles. The second-order valence-electron chi connectivity index (χ2n) is 17.2. The standard InChI is InChI=1S/C31H80O10Si8/c1-18-34-49(35-19-2,36-20-3)31-23-30-48(17,40-46(15,38-44(10,11)12)28-21-25-33-26-24-32)41-47(16,29-22-27-42(4,5)6)39-45(13,14)37-43(7,8)9/h32H,18-31H2,1-17H3. The first kappa shape index (κ1) is 50.3. The van der Waals surface area contributed by atoms with Crippen LogP contribution >= 0.6 is 0 Å². The molecule has 3 atom stereocenters. The lowest BCUT2D eigenvalue weighted by molar-refractivity contribution is 0.0710. The van der Waals surface area contributed by atoms with Crippen molar-refractivity contribution in [1.29, 1.82) is 0 Å². The second-order valence-corrected chi connectivity index (χ2v) is 49.2. The third-order valence-corrected chi connectivity index (χ3v) is 35.3. The molecule has 10 nitrogen and oxygen atoms in total. The van der Waals surface area contributed by atoms with Gasteiger partial charge in [-0.3, -0.25) is 0 Å². The highest BCUT2D eigenvalue weighted by molar-refractivity contribution is 6.92. The molecule has 0 bridgehead atoms. The van der Waals surface area contributed by atoms with E-state index in [-0.39, 0.29) is 6.61 Å². The van der Waals surface area contributed by atoms with Crippen molar-refractivity contribution in [1.82, 2.24) is 0 Å². The Balaban J connectivity index is 6.85. The molecule has 0 saturated carbocycles. The zero-order valence-corrected chi connectivity index (χ0v) is 43.0. The Bertz CT molecular complexity index is 886. The van der Waals surface area contributed by atoms with Crippen molar-refractivity contribution in [2.45, 2.75) is 162 Å². The fourth-order valence-electron chi connectivity index (χ4n) is 6.44. The van der Waals surface area contributed by atoms with Crippen LogP contribution in [0.15, 0.2) is 0 Å². The predicted molar refractivity (Wildman–Crippen MR) is 224 cm³/mol. The lowest BCUT2D eigenvalue weighted by Crippen LogP contribution is -2.62. The van der Waals surface area contributed by atoms with E-state index in [2.05, 4.69) is 91.7 Å². The van der Waals surface area contributed by atoms with E-state index in [1.54, 1.807) is 0 Å². The SMILES string of the molecule is CCO[Si](CCC[Si](C)(O[Si](C)(CCCOCCO)O[Si](C)(C)C)O[Si](C)(CCC[Si](C)(C)C)O[Si](C)(C)O[Si](C)(C)C)(OCC)OCC. The van der Waals surface area contributed by atoms with E-state index in [1.807, 2.05) is 20.8 Å². The maximum Gasteiger partial charge on any atom is 0.500 e. The molecule has 296 valence electrons. The molecule has 0 fully saturated rings. The Morgan fingerprint density at radius 1 is 0.429 bits per heavy atom. The smallest absolute Gasteiger partial charge is 0.437 e. The van der Waals surface area contributed by atoms with Crippen LogP contribution in [0.1, 0.15) is 40.0 Å². The normalized spacial score (nSPS) is 17.5. The highest BCUT2D eigenvalue weighted by atomic mass is 28.5. The molecule has 49 heavy (non-hydrogen) atoms. The number of ether oxygens (including phenoxy) is 1. The van der Waals surface area contributed by atoms with Crippen LogP contribution in [-0.2, 0) is 38.6 Å². The van der Waals surface area contributed by atoms with Gasteiger partial charge in [-0.15, -0.1) is 0 Å². The van der Waals surface area contributed by atoms with E-state index in [1.165, 1.54) is 6.04 Å². The molecule has 3 unspecified atom stereocenters. The topological polar surface area (TPSA) is 103 Å². The van der Waals surface area contributed by atoms with Gasteiger partial charge in [-0.2, -0.15) is 0 Å². The van der Waals surface area contributed by atoms with Crippen LogP contribution in [-0.4, -0.2) is 113 Å². The average Bonchev–Trinajstić information content (AvgIpc) is 2.84. The Morgan fingerprint density at radius 2 is 0.837 bits per heavy atom. The van der Waals surface area contributed by atoms with Gasteiger partial charge in [-0.05, 0) is 124 Å². The largest absolute Gasteiger partial charge is 0.500 e. The molecule has 0 aromatic carbocycles.